The van der Waals surface area contributed by atoms with E-state index in [1.54, 1.807) is 0 Å². The number of benzene rings is 1. The van der Waals surface area contributed by atoms with E-state index in [0.717, 1.165) is 18.2 Å². The van der Waals surface area contributed by atoms with E-state index in [2.05, 4.69) is 0 Å². The summed E-state index contributed by atoms with van der Waals surface area (Å²) in [4.78, 5) is 65.9. The predicted octanol–water partition coefficient (Wildman–Crippen LogP) is -0.0296. The van der Waals surface area contributed by atoms with Crippen LogP contribution in [-0.2, 0) is 19.2 Å². The summed E-state index contributed by atoms with van der Waals surface area (Å²) in [5.41, 5.74) is 0.864. The third kappa shape index (κ3) is 2.97. The number of hydrogen-bond donors (Lipinski definition) is 3. The Balaban J connectivity index is 1.97. The summed E-state index contributed by atoms with van der Waals surface area (Å²) in [6.45, 7) is 0. The van der Waals surface area contributed by atoms with Gasteiger partial charge in [-0.1, -0.05) is 12.1 Å². The number of Topliss-reactive ketones (excluding diaryl/α,β-unsaturated/α-hetero) is 4. The number of ketones is 4. The molecule has 0 spiro atoms. The number of aliphatic hydroxyl groups is 1. The van der Waals surface area contributed by atoms with Crippen molar-refractivity contribution in [3.8, 4) is 5.75 Å². The summed E-state index contributed by atoms with van der Waals surface area (Å²) in [6, 6.07) is 1.66. The second-order valence-electron chi connectivity index (χ2n) is 9.25. The zero-order valence-corrected chi connectivity index (χ0v) is 18.0. The Morgan fingerprint density at radius 1 is 1.15 bits per heavy atom. The monoisotopic (exact) mass is 482 g/mol. The van der Waals surface area contributed by atoms with Gasteiger partial charge in [-0.15, -0.1) is 0 Å². The Morgan fingerprint density at radius 2 is 1.76 bits per heavy atom. The Hall–Kier alpha value is -3.12. The molecule has 0 bridgehead atoms. The highest BCUT2D eigenvalue weighted by atomic mass is 19.4. The summed E-state index contributed by atoms with van der Waals surface area (Å²) >= 11 is 0. The van der Waals surface area contributed by atoms with Crippen molar-refractivity contribution < 1.29 is 47.4 Å². The normalized spacial score (nSPS) is 35.6. The van der Waals surface area contributed by atoms with Crippen molar-refractivity contribution in [2.75, 3.05) is 14.1 Å². The van der Waals surface area contributed by atoms with E-state index in [1.807, 2.05) is 0 Å². The number of carbonyl (C=O) groups excluding carboxylic acids is 5. The van der Waals surface area contributed by atoms with Crippen LogP contribution < -0.4 is 5.73 Å². The molecule has 0 aromatic heterocycles. The molecule has 0 aliphatic heterocycles. The van der Waals surface area contributed by atoms with E-state index >= 15 is 0 Å². The minimum Gasteiger partial charge on any atom is -0.507 e. The van der Waals surface area contributed by atoms with Crippen LogP contribution in [-0.4, -0.2) is 76.1 Å². The quantitative estimate of drug-likeness (QED) is 0.497. The van der Waals surface area contributed by atoms with Gasteiger partial charge in [0.2, 0.25) is 5.91 Å². The van der Waals surface area contributed by atoms with Gasteiger partial charge in [-0.25, -0.2) is 0 Å². The maximum Gasteiger partial charge on any atom is 0.396 e. The molecule has 4 N–H and O–H groups in total. The van der Waals surface area contributed by atoms with Crippen molar-refractivity contribution in [2.45, 2.75) is 30.2 Å². The maximum absolute atomic E-state index is 14.3. The number of fused-ring (bicyclic) bond motifs is 3. The molecule has 4 rings (SSSR count). The molecule has 0 radical (unpaired) electrons. The van der Waals surface area contributed by atoms with Gasteiger partial charge in [-0.05, 0) is 38.1 Å². The van der Waals surface area contributed by atoms with E-state index in [-0.39, 0.29) is 0 Å². The average molecular weight is 482 g/mol. The Morgan fingerprint density at radius 3 is 2.29 bits per heavy atom. The van der Waals surface area contributed by atoms with E-state index < -0.39 is 99.7 Å². The molecule has 0 saturated heterocycles. The summed E-state index contributed by atoms with van der Waals surface area (Å²) in [7, 11) is 2.68. The second-order valence-corrected chi connectivity index (χ2v) is 9.25. The van der Waals surface area contributed by atoms with Gasteiger partial charge in [-0.3, -0.25) is 28.9 Å². The number of hydrogen-bond acceptors (Lipinski definition) is 8. The minimum atomic E-state index is -4.96. The molecule has 1 aromatic carbocycles. The fourth-order valence-corrected chi connectivity index (χ4v) is 6.01. The number of nitrogens with zero attached hydrogens (tertiary/aromatic N) is 1. The summed E-state index contributed by atoms with van der Waals surface area (Å²) in [5, 5.41) is 21.5. The van der Waals surface area contributed by atoms with Crippen LogP contribution in [0.5, 0.6) is 5.75 Å². The topological polar surface area (TPSA) is 155 Å². The van der Waals surface area contributed by atoms with Crippen molar-refractivity contribution in [2.24, 2.45) is 29.4 Å². The van der Waals surface area contributed by atoms with Crippen LogP contribution in [0.15, 0.2) is 18.2 Å². The number of alkyl halides is 3. The lowest BCUT2D eigenvalue weighted by atomic mass is 9.50. The molecule has 2 unspecified atom stereocenters. The molecule has 34 heavy (non-hydrogen) atoms. The van der Waals surface area contributed by atoms with Crippen molar-refractivity contribution >= 4 is 29.0 Å². The van der Waals surface area contributed by atoms with E-state index in [4.69, 9.17) is 5.73 Å². The molecule has 1 amide bonds. The van der Waals surface area contributed by atoms with E-state index in [9.17, 15) is 47.4 Å². The number of amides is 1. The first-order valence-electron chi connectivity index (χ1n) is 10.4. The van der Waals surface area contributed by atoms with Gasteiger partial charge in [0.1, 0.15) is 5.75 Å². The van der Waals surface area contributed by atoms with Crippen LogP contribution in [0.2, 0.25) is 0 Å². The van der Waals surface area contributed by atoms with Gasteiger partial charge in [0.05, 0.1) is 23.4 Å². The Labute approximate surface area is 190 Å². The summed E-state index contributed by atoms with van der Waals surface area (Å²) in [5.74, 6) is -17.6. The van der Waals surface area contributed by atoms with Crippen LogP contribution in [0.1, 0.15) is 28.3 Å². The zero-order valence-electron chi connectivity index (χ0n) is 18.0. The van der Waals surface area contributed by atoms with Crippen LogP contribution in [0.3, 0.4) is 0 Å². The van der Waals surface area contributed by atoms with Crippen molar-refractivity contribution in [1.29, 1.82) is 0 Å². The van der Waals surface area contributed by atoms with Gasteiger partial charge in [0.25, 0.3) is 0 Å². The highest BCUT2D eigenvalue weighted by molar-refractivity contribution is 6.32. The summed E-state index contributed by atoms with van der Waals surface area (Å²) < 4.78 is 42.9. The van der Waals surface area contributed by atoms with Gasteiger partial charge < -0.3 is 15.9 Å². The molecule has 2 saturated carbocycles. The first-order valence-corrected chi connectivity index (χ1v) is 10.4. The lowest BCUT2D eigenvalue weighted by Crippen LogP contribution is -2.74. The Bertz CT molecular complexity index is 1150. The molecular weight excluding hydrogens is 461 g/mol. The molecule has 12 heteroatoms. The standard InChI is InChI=1S/C22H21F3N2O7/c1-27(2)15-9-6-8-12(18(31)21(9,34)19(32)13(17(15)30)20(26)33)16(29)11-7(4-3-5-10(11)28)14(8)22(23,24)25/h3-5,8-9,12-15,28,34H,6H2,1-2H3,(H2,26,33)/t8-,9-,12?,13?,14-,15-,21-/m0/s1. The van der Waals surface area contributed by atoms with Crippen LogP contribution in [0, 0.1) is 23.7 Å². The number of phenolic OH excluding ortho intramolecular Hbond substituents is 1. The second kappa shape index (κ2) is 7.44. The first kappa shape index (κ1) is 24.0. The maximum atomic E-state index is 14.3. The number of halogens is 3. The average Bonchev–Trinajstić information content (AvgIpc) is 2.69. The molecular formula is C22H21F3N2O7. The van der Waals surface area contributed by atoms with Gasteiger partial charge >= 0.3 is 6.18 Å². The van der Waals surface area contributed by atoms with Gasteiger partial charge in [0.15, 0.2) is 34.7 Å². The van der Waals surface area contributed by atoms with Gasteiger partial charge in [-0.2, -0.15) is 13.2 Å². The number of likely N-dealkylation sites (N-methyl/N-ethyl adjacent to an activating group) is 1. The molecule has 0 heterocycles. The number of carbonyl (C=O) groups is 5. The summed E-state index contributed by atoms with van der Waals surface area (Å²) in [6.07, 6.45) is -5.66. The SMILES string of the molecule is CN(C)[C@@H]1C(=O)C(C(N)=O)C(=O)[C@@]2(O)C(=O)C3C(=O)c4c(O)cccc4[C@H](C(F)(F)F)[C@H]3C[C@@H]12. The van der Waals surface area contributed by atoms with Crippen molar-refractivity contribution in [3.63, 3.8) is 0 Å². The molecule has 9 nitrogen and oxygen atoms in total. The number of phenols is 1. The molecule has 182 valence electrons. The fourth-order valence-electron chi connectivity index (χ4n) is 6.01. The molecule has 3 aliphatic carbocycles. The lowest BCUT2D eigenvalue weighted by Gasteiger charge is -2.54. The third-order valence-corrected chi connectivity index (χ3v) is 7.30. The predicted molar refractivity (Wildman–Crippen MR) is 106 cm³/mol. The van der Waals surface area contributed by atoms with Gasteiger partial charge in [0, 0.05) is 5.92 Å². The molecule has 7 atom stereocenters. The number of primary amides is 1. The largest absolute Gasteiger partial charge is 0.507 e. The molecule has 2 fully saturated rings. The fraction of sp³-hybridized carbons (Fsp3) is 0.500. The van der Waals surface area contributed by atoms with Crippen LogP contribution >= 0.6 is 0 Å². The van der Waals surface area contributed by atoms with Crippen molar-refractivity contribution in [1.82, 2.24) is 4.90 Å². The zero-order chi connectivity index (χ0) is 25.5. The highest BCUT2D eigenvalue weighted by Crippen LogP contribution is 2.58. The number of nitrogens with two attached hydrogens (primary N) is 1. The van der Waals surface area contributed by atoms with Crippen LogP contribution in [0.25, 0.3) is 0 Å². The van der Waals surface area contributed by atoms with E-state index in [1.165, 1.54) is 19.0 Å². The lowest BCUT2D eigenvalue weighted by molar-refractivity contribution is -0.194. The smallest absolute Gasteiger partial charge is 0.396 e. The minimum absolute atomic E-state index is 0.526. The van der Waals surface area contributed by atoms with Crippen molar-refractivity contribution in [3.05, 3.63) is 29.3 Å². The number of rotatable bonds is 2. The number of aromatic hydroxyl groups is 1. The van der Waals surface area contributed by atoms with Crippen LogP contribution in [0.4, 0.5) is 13.2 Å². The third-order valence-electron chi connectivity index (χ3n) is 7.30. The molecule has 3 aliphatic rings. The first-order chi connectivity index (χ1) is 15.7. The van der Waals surface area contributed by atoms with E-state index in [0.29, 0.717) is 0 Å². The Kier molecular flexibility index (Phi) is 5.26. The highest BCUT2D eigenvalue weighted by Gasteiger charge is 2.71. The molecule has 1 aromatic rings.